The molecule has 0 saturated carbocycles. The number of benzene rings is 6. The van der Waals surface area contributed by atoms with E-state index in [1.807, 2.05) is 182 Å². The third kappa shape index (κ3) is 12.3. The minimum absolute atomic E-state index is 0.474. The molecule has 0 aliphatic rings. The Morgan fingerprint density at radius 1 is 0.250 bits per heavy atom. The first-order valence-electron chi connectivity index (χ1n) is 22.8. The number of hydrogen-bond donors (Lipinski definition) is 0. The lowest BCUT2D eigenvalue weighted by atomic mass is 10.0. The first-order valence-corrected chi connectivity index (χ1v) is 22.8. The van der Waals surface area contributed by atoms with E-state index in [4.69, 9.17) is 18.9 Å². The SMILES string of the molecule is C(=Nc1ccc(Oc2cccc(Oc3ccc(N=Cc4ccncc4)cc3)c2-c2c(Oc3ccc(N=Cc4ccncc4)cc3)cccc2Oc2ccc(N=Cc3ccncc3)cc2)cc1)c1ccncc1. The molecule has 0 radical (unpaired) electrons. The van der Waals surface area contributed by atoms with Gasteiger partial charge in [-0.1, -0.05) is 12.1 Å². The minimum atomic E-state index is 0.474. The Balaban J connectivity index is 1.03. The van der Waals surface area contributed by atoms with Crippen molar-refractivity contribution in [2.24, 2.45) is 20.0 Å². The maximum atomic E-state index is 6.81. The summed E-state index contributed by atoms with van der Waals surface area (Å²) < 4.78 is 27.2. The minimum Gasteiger partial charge on any atom is -0.457 e. The van der Waals surface area contributed by atoms with Gasteiger partial charge in [0.15, 0.2) is 0 Å². The smallest absolute Gasteiger partial charge is 0.139 e. The standard InChI is InChI=1S/C60H42N8O4/c1-3-55(69-51-15-7-47(8-16-51)65-39-43-23-31-61-32-24-43)59(56(4-1)70-52-17-9-48(10-18-52)66-40-44-25-33-62-34-26-44)60-57(71-53-19-11-49(12-20-53)67-41-45-27-35-63-36-28-45)5-2-6-58(60)72-54-21-13-50(14-22-54)68-42-46-29-37-64-38-30-46/h1-42H. The van der Waals surface area contributed by atoms with Crippen LogP contribution in [0.15, 0.2) is 252 Å². The van der Waals surface area contributed by atoms with Crippen molar-refractivity contribution in [1.29, 1.82) is 0 Å². The Labute approximate surface area is 415 Å². The molecule has 0 N–H and O–H groups in total. The van der Waals surface area contributed by atoms with Crippen LogP contribution in [-0.2, 0) is 0 Å². The summed E-state index contributed by atoms with van der Waals surface area (Å²) in [7, 11) is 0. The Hall–Kier alpha value is -10.2. The molecule has 0 spiro atoms. The van der Waals surface area contributed by atoms with E-state index in [0.717, 1.165) is 45.0 Å². The van der Waals surface area contributed by atoms with Crippen LogP contribution >= 0.6 is 0 Å². The Kier molecular flexibility index (Phi) is 14.4. The normalized spacial score (nSPS) is 11.4. The van der Waals surface area contributed by atoms with Gasteiger partial charge in [0.1, 0.15) is 46.0 Å². The lowest BCUT2D eigenvalue weighted by Gasteiger charge is -2.21. The number of aliphatic imine (C=N–C) groups is 4. The second kappa shape index (κ2) is 22.7. The van der Waals surface area contributed by atoms with Gasteiger partial charge in [0.25, 0.3) is 0 Å². The van der Waals surface area contributed by atoms with Gasteiger partial charge in [0.05, 0.1) is 33.9 Å². The molecule has 10 aromatic rings. The van der Waals surface area contributed by atoms with E-state index in [0.29, 0.717) is 57.1 Å². The fourth-order valence-electron chi connectivity index (χ4n) is 7.16. The summed E-state index contributed by atoms with van der Waals surface area (Å²) in [6.07, 6.45) is 21.0. The maximum absolute atomic E-state index is 6.81. The zero-order valence-electron chi connectivity index (χ0n) is 38.5. The lowest BCUT2D eigenvalue weighted by molar-refractivity contribution is 0.451. The molecular formula is C60H42N8O4. The average Bonchev–Trinajstić information content (AvgIpc) is 3.44. The monoisotopic (exact) mass is 938 g/mol. The summed E-state index contributed by atoms with van der Waals surface area (Å²) in [4.78, 5) is 35.0. The number of aromatic nitrogens is 4. The quantitative estimate of drug-likeness (QED) is 0.0823. The fourth-order valence-corrected chi connectivity index (χ4v) is 7.16. The molecule has 346 valence electrons. The van der Waals surface area contributed by atoms with Crippen molar-refractivity contribution in [3.05, 3.63) is 254 Å². The number of nitrogens with zero attached hydrogens (tertiary/aromatic N) is 8. The highest BCUT2D eigenvalue weighted by Crippen LogP contribution is 2.51. The van der Waals surface area contributed by atoms with Gasteiger partial charge >= 0.3 is 0 Å². The van der Waals surface area contributed by atoms with Crippen LogP contribution in [-0.4, -0.2) is 44.8 Å². The van der Waals surface area contributed by atoms with Crippen molar-refractivity contribution in [2.75, 3.05) is 0 Å². The number of ether oxygens (including phenoxy) is 4. The van der Waals surface area contributed by atoms with Gasteiger partial charge in [-0.15, -0.1) is 0 Å². The van der Waals surface area contributed by atoms with Crippen molar-refractivity contribution in [1.82, 2.24) is 19.9 Å². The molecule has 0 amide bonds. The highest BCUT2D eigenvalue weighted by Gasteiger charge is 2.24. The van der Waals surface area contributed by atoms with Gasteiger partial charge in [-0.2, -0.15) is 0 Å². The van der Waals surface area contributed by atoms with Gasteiger partial charge in [-0.25, -0.2) is 0 Å². The summed E-state index contributed by atoms with van der Waals surface area (Å²) in [6.45, 7) is 0. The van der Waals surface area contributed by atoms with Crippen LogP contribution in [0.5, 0.6) is 46.0 Å². The molecular weight excluding hydrogens is 897 g/mol. The molecule has 12 heteroatoms. The molecule has 0 unspecified atom stereocenters. The first-order chi connectivity index (χ1) is 35.6. The lowest BCUT2D eigenvalue weighted by Crippen LogP contribution is -1.98. The first kappa shape index (κ1) is 45.6. The van der Waals surface area contributed by atoms with Gasteiger partial charge in [0.2, 0.25) is 0 Å². The largest absolute Gasteiger partial charge is 0.457 e. The maximum Gasteiger partial charge on any atom is 0.139 e. The highest BCUT2D eigenvalue weighted by atomic mass is 16.5. The van der Waals surface area contributed by atoms with E-state index < -0.39 is 0 Å². The summed E-state index contributed by atoms with van der Waals surface area (Å²) >= 11 is 0. The van der Waals surface area contributed by atoms with E-state index in [9.17, 15) is 0 Å². The summed E-state index contributed by atoms with van der Waals surface area (Å²) in [5.74, 6) is 4.17. The molecule has 0 bridgehead atoms. The van der Waals surface area contributed by atoms with Crippen LogP contribution in [0.3, 0.4) is 0 Å². The third-order valence-corrected chi connectivity index (χ3v) is 10.8. The molecule has 4 heterocycles. The summed E-state index contributed by atoms with van der Waals surface area (Å²) in [6, 6.07) is 56.7. The second-order valence-electron chi connectivity index (χ2n) is 15.8. The number of hydrogen-bond acceptors (Lipinski definition) is 12. The highest BCUT2D eigenvalue weighted by molar-refractivity contribution is 5.87. The molecule has 0 aliphatic heterocycles. The van der Waals surface area contributed by atoms with Crippen molar-refractivity contribution in [3.8, 4) is 57.1 Å². The molecule has 0 atom stereocenters. The van der Waals surface area contributed by atoms with Crippen molar-refractivity contribution < 1.29 is 18.9 Å². The van der Waals surface area contributed by atoms with Crippen molar-refractivity contribution >= 4 is 47.6 Å². The summed E-state index contributed by atoms with van der Waals surface area (Å²) in [5, 5.41) is 0. The number of rotatable bonds is 17. The van der Waals surface area contributed by atoms with Crippen LogP contribution in [0.1, 0.15) is 22.3 Å². The van der Waals surface area contributed by atoms with Crippen LogP contribution in [0.4, 0.5) is 22.7 Å². The Morgan fingerprint density at radius 2 is 0.458 bits per heavy atom. The van der Waals surface area contributed by atoms with E-state index in [1.54, 1.807) is 74.4 Å². The van der Waals surface area contributed by atoms with Crippen molar-refractivity contribution in [3.63, 3.8) is 0 Å². The Bertz CT molecular complexity index is 3010. The third-order valence-electron chi connectivity index (χ3n) is 10.8. The predicted molar refractivity (Wildman–Crippen MR) is 284 cm³/mol. The average molecular weight is 939 g/mol. The zero-order valence-corrected chi connectivity index (χ0v) is 38.5. The predicted octanol–water partition coefficient (Wildman–Crippen LogP) is 15.1. The Morgan fingerprint density at radius 3 is 0.667 bits per heavy atom. The van der Waals surface area contributed by atoms with Gasteiger partial charge < -0.3 is 18.9 Å². The molecule has 4 aromatic heterocycles. The van der Waals surface area contributed by atoms with Gasteiger partial charge in [-0.3, -0.25) is 39.9 Å². The molecule has 0 fully saturated rings. The molecule has 12 nitrogen and oxygen atoms in total. The van der Waals surface area contributed by atoms with Crippen LogP contribution in [0.2, 0.25) is 0 Å². The topological polar surface area (TPSA) is 138 Å². The van der Waals surface area contributed by atoms with Gasteiger partial charge in [0, 0.05) is 74.4 Å². The van der Waals surface area contributed by atoms with Crippen LogP contribution < -0.4 is 18.9 Å². The van der Waals surface area contributed by atoms with Gasteiger partial charge in [-0.05, 0) is 192 Å². The molecule has 10 rings (SSSR count). The van der Waals surface area contributed by atoms with E-state index >= 15 is 0 Å². The zero-order chi connectivity index (χ0) is 48.6. The molecule has 0 aliphatic carbocycles. The molecule has 6 aromatic carbocycles. The van der Waals surface area contributed by atoms with Crippen molar-refractivity contribution in [2.45, 2.75) is 0 Å². The van der Waals surface area contributed by atoms with E-state index in [1.165, 1.54) is 0 Å². The fraction of sp³-hybridized carbons (Fsp3) is 0. The van der Waals surface area contributed by atoms with Crippen LogP contribution in [0.25, 0.3) is 11.1 Å². The summed E-state index contributed by atoms with van der Waals surface area (Å²) in [5.41, 5.74) is 7.90. The van der Waals surface area contributed by atoms with E-state index in [2.05, 4.69) is 39.9 Å². The van der Waals surface area contributed by atoms with E-state index in [-0.39, 0.29) is 0 Å². The number of pyridine rings is 4. The van der Waals surface area contributed by atoms with Crippen LogP contribution in [0, 0.1) is 0 Å². The second-order valence-corrected chi connectivity index (χ2v) is 15.8. The molecule has 0 saturated heterocycles. The molecule has 72 heavy (non-hydrogen) atoms.